The van der Waals surface area contributed by atoms with E-state index in [4.69, 9.17) is 14.7 Å². The van der Waals surface area contributed by atoms with Gasteiger partial charge in [0.2, 0.25) is 5.91 Å². The van der Waals surface area contributed by atoms with E-state index in [2.05, 4.69) is 26.1 Å². The normalized spacial score (nSPS) is 16.8. The maximum Gasteiger partial charge on any atom is 0.223 e. The molecule has 3 aromatic heterocycles. The van der Waals surface area contributed by atoms with E-state index in [-0.39, 0.29) is 24.5 Å². The number of carbonyl (C=O) groups excluding carboxylic acids is 2. The minimum atomic E-state index is 0.0211. The number of ether oxygens (including phenoxy) is 1. The summed E-state index contributed by atoms with van der Waals surface area (Å²) in [6.45, 7) is 8.73. The number of aromatic amines is 1. The molecule has 4 aromatic rings. The van der Waals surface area contributed by atoms with Crippen molar-refractivity contribution in [1.29, 1.82) is 0 Å². The average molecular weight is 574 g/mol. The number of hydrogen-bond acceptors (Lipinski definition) is 9. The number of amides is 1. The molecule has 2 saturated heterocycles. The van der Waals surface area contributed by atoms with Gasteiger partial charge in [0, 0.05) is 74.5 Å². The minimum Gasteiger partial charge on any atom is -0.378 e. The third-order valence-electron chi connectivity index (χ3n) is 7.67. The fourth-order valence-electron chi connectivity index (χ4n) is 5.41. The molecule has 0 bridgehead atoms. The zero-order valence-electron chi connectivity index (χ0n) is 23.3. The lowest BCUT2D eigenvalue weighted by Crippen LogP contribution is -2.48. The number of morpholine rings is 1. The molecule has 2 aliphatic heterocycles. The first kappa shape index (κ1) is 27.5. The van der Waals surface area contributed by atoms with Gasteiger partial charge in [-0.3, -0.25) is 19.6 Å². The second kappa shape index (κ2) is 12.5. The molecule has 5 heterocycles. The van der Waals surface area contributed by atoms with Crippen LogP contribution in [0.1, 0.15) is 31.1 Å². The Labute approximate surface area is 243 Å². The highest BCUT2D eigenvalue weighted by atomic mass is 32.1. The van der Waals surface area contributed by atoms with Gasteiger partial charge in [0.15, 0.2) is 17.4 Å². The summed E-state index contributed by atoms with van der Waals surface area (Å²) < 4.78 is 6.72. The number of H-pyrrole nitrogens is 1. The van der Waals surface area contributed by atoms with Crippen molar-refractivity contribution in [3.8, 4) is 11.4 Å². The number of rotatable bonds is 9. The summed E-state index contributed by atoms with van der Waals surface area (Å²) in [6, 6.07) is 8.25. The first-order chi connectivity index (χ1) is 20.1. The molecule has 6 rings (SSSR count). The van der Waals surface area contributed by atoms with Crippen molar-refractivity contribution in [2.75, 3.05) is 57.4 Å². The number of carbonyl (C=O) groups is 2. The standard InChI is InChI=1S/C30H35N7O3S/c1-2-3-5-21(38)8-9-27(39)36-12-10-35(11-13-36)20-22-18-26-28(41-22)30(37-14-16-40-17-15-37)33-29(32-26)23-6-4-7-25-24(23)19-31-34-25/h3-7,18-19H,2,8-17,20H2,1H3,(H,31,34)/b5-3+. The highest BCUT2D eigenvalue weighted by Crippen LogP contribution is 2.36. The van der Waals surface area contributed by atoms with E-state index in [1.165, 1.54) is 4.88 Å². The number of allylic oxidation sites excluding steroid dienone is 2. The summed E-state index contributed by atoms with van der Waals surface area (Å²) in [4.78, 5) is 42.5. The number of fused-ring (bicyclic) bond motifs is 2. The smallest absolute Gasteiger partial charge is 0.223 e. The molecule has 11 heteroatoms. The number of thiophene rings is 1. The lowest BCUT2D eigenvalue weighted by molar-refractivity contribution is -0.134. The first-order valence-corrected chi connectivity index (χ1v) is 15.2. The summed E-state index contributed by atoms with van der Waals surface area (Å²) in [5, 5.41) is 8.27. The SMILES string of the molecule is CC/C=C/C(=O)CCC(=O)N1CCN(Cc2cc3nc(-c4cccc5[nH]ncc45)nc(N4CCOCC4)c3s2)CC1. The number of ketones is 1. The van der Waals surface area contributed by atoms with Crippen LogP contribution in [0.25, 0.3) is 32.5 Å². The van der Waals surface area contributed by atoms with Crippen LogP contribution < -0.4 is 4.90 Å². The van der Waals surface area contributed by atoms with Crippen LogP contribution in [0.15, 0.2) is 42.6 Å². The second-order valence-electron chi connectivity index (χ2n) is 10.5. The number of nitrogens with one attached hydrogen (secondary N) is 1. The number of hydrogen-bond donors (Lipinski definition) is 1. The molecule has 2 aliphatic rings. The zero-order valence-corrected chi connectivity index (χ0v) is 24.2. The molecular formula is C30H35N7O3S. The van der Waals surface area contributed by atoms with E-state index >= 15 is 0 Å². The van der Waals surface area contributed by atoms with Crippen LogP contribution in [-0.4, -0.2) is 94.1 Å². The number of aromatic nitrogens is 4. The third kappa shape index (κ3) is 6.17. The summed E-state index contributed by atoms with van der Waals surface area (Å²) in [7, 11) is 0. The van der Waals surface area contributed by atoms with Crippen molar-refractivity contribution < 1.29 is 14.3 Å². The Hall–Kier alpha value is -3.67. The molecule has 0 spiro atoms. The van der Waals surface area contributed by atoms with Gasteiger partial charge in [0.1, 0.15) is 0 Å². The topological polar surface area (TPSA) is 108 Å². The highest BCUT2D eigenvalue weighted by molar-refractivity contribution is 7.19. The van der Waals surface area contributed by atoms with Crippen LogP contribution in [0.4, 0.5) is 5.82 Å². The molecule has 0 atom stereocenters. The summed E-state index contributed by atoms with van der Waals surface area (Å²) in [5.74, 6) is 1.75. The highest BCUT2D eigenvalue weighted by Gasteiger charge is 2.24. The maximum atomic E-state index is 12.7. The van der Waals surface area contributed by atoms with Crippen molar-refractivity contribution in [2.24, 2.45) is 0 Å². The lowest BCUT2D eigenvalue weighted by atomic mass is 10.1. The fourth-order valence-corrected chi connectivity index (χ4v) is 6.57. The van der Waals surface area contributed by atoms with Crippen molar-refractivity contribution in [1.82, 2.24) is 30.0 Å². The lowest BCUT2D eigenvalue weighted by Gasteiger charge is -2.34. The minimum absolute atomic E-state index is 0.0211. The molecule has 2 fully saturated rings. The number of nitrogens with zero attached hydrogens (tertiary/aromatic N) is 6. The fraction of sp³-hybridized carbons (Fsp3) is 0.433. The predicted molar refractivity (Wildman–Crippen MR) is 161 cm³/mol. The van der Waals surface area contributed by atoms with Crippen LogP contribution in [-0.2, 0) is 20.9 Å². The van der Waals surface area contributed by atoms with Gasteiger partial charge >= 0.3 is 0 Å². The molecule has 1 N–H and O–H groups in total. The molecule has 0 aliphatic carbocycles. The van der Waals surface area contributed by atoms with Gasteiger partial charge in [-0.1, -0.05) is 25.1 Å². The van der Waals surface area contributed by atoms with Gasteiger partial charge < -0.3 is 14.5 Å². The molecule has 0 unspecified atom stereocenters. The third-order valence-corrected chi connectivity index (χ3v) is 8.78. The zero-order chi connectivity index (χ0) is 28.2. The van der Waals surface area contributed by atoms with Gasteiger partial charge in [-0.15, -0.1) is 11.3 Å². The Bertz CT molecular complexity index is 1560. The molecule has 1 aromatic carbocycles. The van der Waals surface area contributed by atoms with Crippen LogP contribution in [0.2, 0.25) is 0 Å². The van der Waals surface area contributed by atoms with E-state index in [0.29, 0.717) is 32.1 Å². The van der Waals surface area contributed by atoms with Gasteiger partial charge in [-0.2, -0.15) is 5.10 Å². The van der Waals surface area contributed by atoms with E-state index in [1.807, 2.05) is 42.3 Å². The Kier molecular flexibility index (Phi) is 8.36. The van der Waals surface area contributed by atoms with Crippen molar-refractivity contribution in [2.45, 2.75) is 32.7 Å². The van der Waals surface area contributed by atoms with Crippen LogP contribution in [0.5, 0.6) is 0 Å². The van der Waals surface area contributed by atoms with Crippen LogP contribution >= 0.6 is 11.3 Å². The molecule has 41 heavy (non-hydrogen) atoms. The molecule has 214 valence electrons. The van der Waals surface area contributed by atoms with E-state index in [1.54, 1.807) is 17.4 Å². The van der Waals surface area contributed by atoms with Gasteiger partial charge in [0.25, 0.3) is 0 Å². The van der Waals surface area contributed by atoms with Crippen LogP contribution in [0.3, 0.4) is 0 Å². The van der Waals surface area contributed by atoms with Crippen LogP contribution in [0, 0.1) is 0 Å². The quantitative estimate of drug-likeness (QED) is 0.299. The molecule has 0 saturated carbocycles. The van der Waals surface area contributed by atoms with Gasteiger partial charge in [-0.05, 0) is 24.6 Å². The Morgan fingerprint density at radius 3 is 2.71 bits per heavy atom. The maximum absolute atomic E-state index is 12.7. The molecule has 0 radical (unpaired) electrons. The molecule has 10 nitrogen and oxygen atoms in total. The van der Waals surface area contributed by atoms with Crippen molar-refractivity contribution >= 4 is 50.0 Å². The molecule has 1 amide bonds. The number of benzene rings is 1. The number of piperazine rings is 1. The Morgan fingerprint density at radius 2 is 1.90 bits per heavy atom. The second-order valence-corrected chi connectivity index (χ2v) is 11.6. The number of anilines is 1. The summed E-state index contributed by atoms with van der Waals surface area (Å²) >= 11 is 1.75. The van der Waals surface area contributed by atoms with Gasteiger partial charge in [0.05, 0.1) is 35.1 Å². The molecular weight excluding hydrogens is 538 g/mol. The van der Waals surface area contributed by atoms with Crippen molar-refractivity contribution in [3.05, 3.63) is 47.5 Å². The Balaban J connectivity index is 1.18. The summed E-state index contributed by atoms with van der Waals surface area (Å²) in [6.07, 6.45) is 6.65. The summed E-state index contributed by atoms with van der Waals surface area (Å²) in [5.41, 5.74) is 2.87. The Morgan fingerprint density at radius 1 is 1.07 bits per heavy atom. The van der Waals surface area contributed by atoms with E-state index in [0.717, 1.165) is 71.6 Å². The van der Waals surface area contributed by atoms with Gasteiger partial charge in [-0.25, -0.2) is 9.97 Å². The predicted octanol–water partition coefficient (Wildman–Crippen LogP) is 4.03. The van der Waals surface area contributed by atoms with E-state index in [9.17, 15) is 9.59 Å². The monoisotopic (exact) mass is 573 g/mol. The average Bonchev–Trinajstić information content (AvgIpc) is 3.66. The van der Waals surface area contributed by atoms with Crippen molar-refractivity contribution in [3.63, 3.8) is 0 Å². The van der Waals surface area contributed by atoms with E-state index < -0.39 is 0 Å². The largest absolute Gasteiger partial charge is 0.378 e. The first-order valence-electron chi connectivity index (χ1n) is 14.3.